The largest absolute Gasteiger partial charge is 0.454 e. The number of fused-ring (bicyclic) bond motifs is 9. The summed E-state index contributed by atoms with van der Waals surface area (Å²) in [6, 6.07) is 88.1. The molecule has 0 amide bonds. The highest BCUT2D eigenvalue weighted by molar-refractivity contribution is 6.11. The average molecular weight is 817 g/mol. The average Bonchev–Trinajstić information content (AvgIpc) is 4.02. The van der Waals surface area contributed by atoms with Gasteiger partial charge in [-0.3, -0.25) is 0 Å². The molecular weight excluding hydrogens is 777 g/mol. The molecule has 12 aromatic rings. The van der Waals surface area contributed by atoms with Crippen LogP contribution in [-0.4, -0.2) is 4.57 Å². The number of anilines is 3. The number of benzene rings is 10. The number of para-hydroxylation sites is 4. The third-order valence-corrected chi connectivity index (χ3v) is 13.5. The third-order valence-electron chi connectivity index (χ3n) is 13.5. The van der Waals surface area contributed by atoms with Gasteiger partial charge in [-0.2, -0.15) is 0 Å². The molecule has 0 atom stereocenters. The lowest BCUT2D eigenvalue weighted by Crippen LogP contribution is -2.28. The van der Waals surface area contributed by atoms with Gasteiger partial charge in [-0.05, 0) is 105 Å². The van der Waals surface area contributed by atoms with Crippen molar-refractivity contribution in [2.75, 3.05) is 4.90 Å². The van der Waals surface area contributed by atoms with Crippen LogP contribution in [0.2, 0.25) is 0 Å². The summed E-state index contributed by atoms with van der Waals surface area (Å²) in [6.45, 7) is 0. The van der Waals surface area contributed by atoms with E-state index in [-0.39, 0.29) is 0 Å². The third kappa shape index (κ3) is 5.34. The number of hydrogen-bond donors (Lipinski definition) is 0. The van der Waals surface area contributed by atoms with Gasteiger partial charge in [0.1, 0.15) is 5.58 Å². The van der Waals surface area contributed by atoms with Gasteiger partial charge in [0, 0.05) is 38.6 Å². The van der Waals surface area contributed by atoms with E-state index in [4.69, 9.17) is 4.42 Å². The molecule has 0 bridgehead atoms. The van der Waals surface area contributed by atoms with Crippen LogP contribution in [0.15, 0.2) is 247 Å². The molecule has 2 aromatic heterocycles. The van der Waals surface area contributed by atoms with Crippen molar-refractivity contribution in [3.8, 4) is 27.9 Å². The molecule has 3 nitrogen and oxygen atoms in total. The van der Waals surface area contributed by atoms with E-state index in [0.717, 1.165) is 55.8 Å². The molecule has 300 valence electrons. The molecule has 1 aliphatic rings. The molecule has 0 saturated heterocycles. The van der Waals surface area contributed by atoms with Crippen LogP contribution < -0.4 is 4.90 Å². The minimum absolute atomic E-state index is 0.480. The molecule has 13 rings (SSSR count). The standard InChI is InChI=1S/C61H40N2O/c1-3-18-43(19-4-1)61(44-20-5-2-6-21-44)54-28-11-7-23-48(54)53-40-47(37-38-55(53)61)62(58-31-16-27-52-51-26-10-14-32-59(51)64-60(52)58)45-35-33-41(34-36-45)42-17-15-22-46(39-42)63-56-29-12-8-24-49(56)50-25-9-13-30-57(50)63/h1-40H. The van der Waals surface area contributed by atoms with Gasteiger partial charge >= 0.3 is 0 Å². The monoisotopic (exact) mass is 816 g/mol. The first-order valence-corrected chi connectivity index (χ1v) is 22.0. The first-order valence-electron chi connectivity index (χ1n) is 22.0. The Morgan fingerprint density at radius 3 is 1.69 bits per heavy atom. The van der Waals surface area contributed by atoms with Gasteiger partial charge in [-0.25, -0.2) is 0 Å². The molecule has 10 aromatic carbocycles. The van der Waals surface area contributed by atoms with Crippen LogP contribution >= 0.6 is 0 Å². The van der Waals surface area contributed by atoms with Gasteiger partial charge in [0.15, 0.2) is 5.58 Å². The fourth-order valence-electron chi connectivity index (χ4n) is 10.7. The van der Waals surface area contributed by atoms with Crippen LogP contribution in [0, 0.1) is 0 Å². The highest BCUT2D eigenvalue weighted by atomic mass is 16.3. The zero-order valence-corrected chi connectivity index (χ0v) is 34.9. The van der Waals surface area contributed by atoms with E-state index in [2.05, 4.69) is 246 Å². The van der Waals surface area contributed by atoms with Gasteiger partial charge in [0.2, 0.25) is 0 Å². The zero-order chi connectivity index (χ0) is 42.2. The lowest BCUT2D eigenvalue weighted by molar-refractivity contribution is 0.669. The Morgan fingerprint density at radius 2 is 0.953 bits per heavy atom. The first kappa shape index (κ1) is 36.3. The molecule has 2 heterocycles. The second kappa shape index (κ2) is 14.3. The van der Waals surface area contributed by atoms with Crippen LogP contribution in [0.4, 0.5) is 17.1 Å². The van der Waals surface area contributed by atoms with Crippen LogP contribution in [0.1, 0.15) is 22.3 Å². The molecule has 0 aliphatic heterocycles. The SMILES string of the molecule is c1ccc(C2(c3ccccc3)c3ccccc3-c3cc(N(c4ccc(-c5cccc(-n6c7ccccc7c7ccccc76)c5)cc4)c4cccc5c4oc4ccccc45)ccc32)cc1. The quantitative estimate of drug-likeness (QED) is 0.160. The molecule has 64 heavy (non-hydrogen) atoms. The Bertz CT molecular complexity index is 3640. The van der Waals surface area contributed by atoms with Crippen LogP contribution in [0.25, 0.3) is 71.7 Å². The normalized spacial score (nSPS) is 12.8. The lowest BCUT2D eigenvalue weighted by atomic mass is 9.68. The number of hydrogen-bond acceptors (Lipinski definition) is 2. The maximum Gasteiger partial charge on any atom is 0.159 e. The highest BCUT2D eigenvalue weighted by Crippen LogP contribution is 2.57. The van der Waals surface area contributed by atoms with E-state index in [1.165, 1.54) is 55.2 Å². The Balaban J connectivity index is 0.987. The molecule has 0 N–H and O–H groups in total. The molecule has 0 fully saturated rings. The number of furan rings is 1. The van der Waals surface area contributed by atoms with Crippen LogP contribution in [-0.2, 0) is 5.41 Å². The van der Waals surface area contributed by atoms with Crippen molar-refractivity contribution in [3.05, 3.63) is 265 Å². The van der Waals surface area contributed by atoms with Gasteiger partial charge in [-0.1, -0.05) is 182 Å². The van der Waals surface area contributed by atoms with E-state index >= 15 is 0 Å². The van der Waals surface area contributed by atoms with E-state index < -0.39 is 5.41 Å². The predicted molar refractivity (Wildman–Crippen MR) is 265 cm³/mol. The fourth-order valence-corrected chi connectivity index (χ4v) is 10.7. The maximum absolute atomic E-state index is 6.76. The second-order valence-corrected chi connectivity index (χ2v) is 16.8. The van der Waals surface area contributed by atoms with E-state index in [0.29, 0.717) is 0 Å². The summed E-state index contributed by atoms with van der Waals surface area (Å²) >= 11 is 0. The summed E-state index contributed by atoms with van der Waals surface area (Å²) in [7, 11) is 0. The molecular formula is C61H40N2O. The fraction of sp³-hybridized carbons (Fsp3) is 0.0164. The molecule has 1 aliphatic carbocycles. The number of rotatable bonds is 7. The summed E-state index contributed by atoms with van der Waals surface area (Å²) in [5, 5.41) is 4.72. The van der Waals surface area contributed by atoms with Crippen molar-refractivity contribution in [3.63, 3.8) is 0 Å². The molecule has 0 spiro atoms. The van der Waals surface area contributed by atoms with Crippen LogP contribution in [0.3, 0.4) is 0 Å². The Hall–Kier alpha value is -8.40. The van der Waals surface area contributed by atoms with Crippen molar-refractivity contribution >= 4 is 60.8 Å². The van der Waals surface area contributed by atoms with E-state index in [9.17, 15) is 0 Å². The second-order valence-electron chi connectivity index (χ2n) is 16.8. The van der Waals surface area contributed by atoms with Crippen molar-refractivity contribution in [2.24, 2.45) is 0 Å². The topological polar surface area (TPSA) is 21.3 Å². The van der Waals surface area contributed by atoms with Gasteiger partial charge < -0.3 is 13.9 Å². The lowest BCUT2D eigenvalue weighted by Gasteiger charge is -2.34. The summed E-state index contributed by atoms with van der Waals surface area (Å²) in [5.41, 5.74) is 17.7. The summed E-state index contributed by atoms with van der Waals surface area (Å²) < 4.78 is 9.15. The van der Waals surface area contributed by atoms with Gasteiger partial charge in [-0.15, -0.1) is 0 Å². The zero-order valence-electron chi connectivity index (χ0n) is 34.9. The molecule has 0 unspecified atom stereocenters. The maximum atomic E-state index is 6.76. The van der Waals surface area contributed by atoms with Crippen molar-refractivity contribution in [1.82, 2.24) is 4.57 Å². The van der Waals surface area contributed by atoms with E-state index in [1.807, 2.05) is 6.07 Å². The van der Waals surface area contributed by atoms with Crippen molar-refractivity contribution in [2.45, 2.75) is 5.41 Å². The summed E-state index contributed by atoms with van der Waals surface area (Å²) in [5.74, 6) is 0. The predicted octanol–water partition coefficient (Wildman–Crippen LogP) is 16.2. The number of nitrogens with zero attached hydrogens (tertiary/aromatic N) is 2. The number of aromatic nitrogens is 1. The summed E-state index contributed by atoms with van der Waals surface area (Å²) in [6.07, 6.45) is 0. The highest BCUT2D eigenvalue weighted by Gasteiger charge is 2.46. The van der Waals surface area contributed by atoms with Crippen molar-refractivity contribution in [1.29, 1.82) is 0 Å². The Morgan fingerprint density at radius 1 is 0.375 bits per heavy atom. The Labute approximate surface area is 371 Å². The summed E-state index contributed by atoms with van der Waals surface area (Å²) in [4.78, 5) is 2.37. The van der Waals surface area contributed by atoms with Gasteiger partial charge in [0.05, 0.1) is 22.1 Å². The Kier molecular flexibility index (Phi) is 8.13. The molecule has 3 heteroatoms. The van der Waals surface area contributed by atoms with Crippen LogP contribution in [0.5, 0.6) is 0 Å². The molecule has 0 saturated carbocycles. The van der Waals surface area contributed by atoms with Gasteiger partial charge in [0.25, 0.3) is 0 Å². The van der Waals surface area contributed by atoms with E-state index in [1.54, 1.807) is 0 Å². The smallest absolute Gasteiger partial charge is 0.159 e. The molecule has 0 radical (unpaired) electrons. The minimum Gasteiger partial charge on any atom is -0.454 e. The first-order chi connectivity index (χ1) is 31.8. The minimum atomic E-state index is -0.480. The van der Waals surface area contributed by atoms with Crippen molar-refractivity contribution < 1.29 is 4.42 Å².